The average molecular weight is 451 g/mol. The molecule has 1 aromatic heterocycles. The van der Waals surface area contributed by atoms with Gasteiger partial charge in [-0.2, -0.15) is 0 Å². The number of rotatable bonds is 3. The first-order chi connectivity index (χ1) is 11.5. The number of fused-ring (bicyclic) bond motifs is 1. The van der Waals surface area contributed by atoms with Gasteiger partial charge in [0.1, 0.15) is 5.56 Å². The standard InChI is InChI=1S/C18H13Br2NO3/c1-10(11-5-3-2-4-6-11)21-17(22)14-8-12-7-13(19)9-15(20)16(12)24-18(14)23/h2-10H,1H3,(H,21,22). The molecule has 3 rings (SSSR count). The monoisotopic (exact) mass is 449 g/mol. The summed E-state index contributed by atoms with van der Waals surface area (Å²) in [6, 6.07) is 14.4. The smallest absolute Gasteiger partial charge is 0.349 e. The van der Waals surface area contributed by atoms with Crippen LogP contribution in [0.4, 0.5) is 0 Å². The van der Waals surface area contributed by atoms with E-state index >= 15 is 0 Å². The van der Waals surface area contributed by atoms with E-state index in [1.807, 2.05) is 37.3 Å². The predicted molar refractivity (Wildman–Crippen MR) is 100 cm³/mol. The second kappa shape index (κ2) is 6.91. The second-order valence-corrected chi connectivity index (χ2v) is 7.13. The summed E-state index contributed by atoms with van der Waals surface area (Å²) in [6.45, 7) is 1.86. The fourth-order valence-corrected chi connectivity index (χ4v) is 3.75. The number of carbonyl (C=O) groups is 1. The minimum Gasteiger partial charge on any atom is -0.421 e. The van der Waals surface area contributed by atoms with Gasteiger partial charge in [0.05, 0.1) is 10.5 Å². The highest BCUT2D eigenvalue weighted by molar-refractivity contribution is 9.11. The van der Waals surface area contributed by atoms with Crippen LogP contribution in [-0.4, -0.2) is 5.91 Å². The van der Waals surface area contributed by atoms with Gasteiger partial charge in [-0.3, -0.25) is 4.79 Å². The Morgan fingerprint density at radius 2 is 1.83 bits per heavy atom. The minimum atomic E-state index is -0.664. The Bertz CT molecular complexity index is 967. The van der Waals surface area contributed by atoms with Crippen molar-refractivity contribution in [3.63, 3.8) is 0 Å². The third kappa shape index (κ3) is 3.44. The summed E-state index contributed by atoms with van der Waals surface area (Å²) in [4.78, 5) is 24.6. The Labute approximate surface area is 155 Å². The van der Waals surface area contributed by atoms with Gasteiger partial charge in [-0.1, -0.05) is 46.3 Å². The van der Waals surface area contributed by atoms with Crippen molar-refractivity contribution < 1.29 is 9.21 Å². The molecule has 6 heteroatoms. The van der Waals surface area contributed by atoms with E-state index in [1.54, 1.807) is 18.2 Å². The Morgan fingerprint density at radius 1 is 1.12 bits per heavy atom. The summed E-state index contributed by atoms with van der Waals surface area (Å²) in [7, 11) is 0. The maximum atomic E-state index is 12.5. The number of nitrogens with one attached hydrogen (secondary N) is 1. The zero-order valence-electron chi connectivity index (χ0n) is 12.7. The van der Waals surface area contributed by atoms with E-state index in [1.165, 1.54) is 0 Å². The van der Waals surface area contributed by atoms with Crippen LogP contribution in [0.2, 0.25) is 0 Å². The Morgan fingerprint density at radius 3 is 2.54 bits per heavy atom. The molecule has 0 spiro atoms. The lowest BCUT2D eigenvalue weighted by atomic mass is 10.1. The van der Waals surface area contributed by atoms with Gasteiger partial charge in [0.15, 0.2) is 5.58 Å². The van der Waals surface area contributed by atoms with Crippen LogP contribution in [0.15, 0.2) is 66.7 Å². The zero-order valence-corrected chi connectivity index (χ0v) is 15.8. The lowest BCUT2D eigenvalue weighted by Crippen LogP contribution is -2.30. The topological polar surface area (TPSA) is 59.3 Å². The third-order valence-corrected chi connectivity index (χ3v) is 4.69. The molecular formula is C18H13Br2NO3. The number of carbonyl (C=O) groups excluding carboxylic acids is 1. The molecule has 2 aromatic carbocycles. The van der Waals surface area contributed by atoms with Crippen molar-refractivity contribution in [2.75, 3.05) is 0 Å². The Hall–Kier alpha value is -1.92. The normalized spacial score (nSPS) is 12.1. The first kappa shape index (κ1) is 16.9. The van der Waals surface area contributed by atoms with Crippen LogP contribution >= 0.6 is 31.9 Å². The summed E-state index contributed by atoms with van der Waals surface area (Å²) < 4.78 is 6.77. The van der Waals surface area contributed by atoms with Crippen molar-refractivity contribution in [2.45, 2.75) is 13.0 Å². The van der Waals surface area contributed by atoms with Crippen molar-refractivity contribution in [3.05, 3.63) is 79.0 Å². The summed E-state index contributed by atoms with van der Waals surface area (Å²) >= 11 is 6.74. The van der Waals surface area contributed by atoms with E-state index in [4.69, 9.17) is 4.42 Å². The number of halogens is 2. The molecule has 0 radical (unpaired) electrons. The third-order valence-electron chi connectivity index (χ3n) is 3.64. The van der Waals surface area contributed by atoms with Crippen LogP contribution in [0.3, 0.4) is 0 Å². The van der Waals surface area contributed by atoms with Crippen LogP contribution in [-0.2, 0) is 0 Å². The van der Waals surface area contributed by atoms with E-state index in [-0.39, 0.29) is 11.6 Å². The molecule has 1 amide bonds. The molecule has 1 atom stereocenters. The molecule has 0 fully saturated rings. The first-order valence-corrected chi connectivity index (χ1v) is 8.83. The van der Waals surface area contributed by atoms with Gasteiger partial charge in [0, 0.05) is 9.86 Å². The highest BCUT2D eigenvalue weighted by atomic mass is 79.9. The SMILES string of the molecule is CC(NC(=O)c1cc2cc(Br)cc(Br)c2oc1=O)c1ccccc1. The van der Waals surface area contributed by atoms with E-state index in [0.29, 0.717) is 15.4 Å². The lowest BCUT2D eigenvalue weighted by molar-refractivity contribution is 0.0936. The van der Waals surface area contributed by atoms with Gasteiger partial charge >= 0.3 is 5.63 Å². The zero-order chi connectivity index (χ0) is 17.3. The van der Waals surface area contributed by atoms with Crippen LogP contribution in [0.1, 0.15) is 28.9 Å². The van der Waals surface area contributed by atoms with Crippen LogP contribution < -0.4 is 10.9 Å². The van der Waals surface area contributed by atoms with Crippen LogP contribution in [0.25, 0.3) is 11.0 Å². The average Bonchev–Trinajstić information content (AvgIpc) is 2.55. The Balaban J connectivity index is 1.95. The van der Waals surface area contributed by atoms with Gasteiger partial charge in [0.25, 0.3) is 5.91 Å². The van der Waals surface area contributed by atoms with Crippen molar-refractivity contribution in [1.82, 2.24) is 5.32 Å². The fraction of sp³-hybridized carbons (Fsp3) is 0.111. The van der Waals surface area contributed by atoms with E-state index < -0.39 is 11.5 Å². The molecule has 24 heavy (non-hydrogen) atoms. The summed E-state index contributed by atoms with van der Waals surface area (Å²) in [5.74, 6) is -0.460. The van der Waals surface area contributed by atoms with Gasteiger partial charge in [-0.05, 0) is 46.6 Å². The van der Waals surface area contributed by atoms with Gasteiger partial charge < -0.3 is 9.73 Å². The van der Waals surface area contributed by atoms with Crippen LogP contribution in [0, 0.1) is 0 Å². The van der Waals surface area contributed by atoms with E-state index in [0.717, 1.165) is 10.0 Å². The molecule has 0 aliphatic carbocycles. The van der Waals surface area contributed by atoms with E-state index in [9.17, 15) is 9.59 Å². The molecule has 1 heterocycles. The lowest BCUT2D eigenvalue weighted by Gasteiger charge is -2.14. The molecule has 3 aromatic rings. The van der Waals surface area contributed by atoms with E-state index in [2.05, 4.69) is 37.2 Å². The maximum absolute atomic E-state index is 12.5. The minimum absolute atomic E-state index is 0.0183. The molecule has 0 saturated heterocycles. The van der Waals surface area contributed by atoms with Crippen molar-refractivity contribution in [3.8, 4) is 0 Å². The number of hydrogen-bond donors (Lipinski definition) is 1. The highest BCUT2D eigenvalue weighted by Gasteiger charge is 2.17. The van der Waals surface area contributed by atoms with Gasteiger partial charge in [-0.15, -0.1) is 0 Å². The first-order valence-electron chi connectivity index (χ1n) is 7.24. The largest absolute Gasteiger partial charge is 0.421 e. The molecule has 0 aliphatic heterocycles. The number of hydrogen-bond acceptors (Lipinski definition) is 3. The van der Waals surface area contributed by atoms with Crippen LogP contribution in [0.5, 0.6) is 0 Å². The van der Waals surface area contributed by atoms with Crippen molar-refractivity contribution in [2.24, 2.45) is 0 Å². The molecule has 0 aliphatic rings. The van der Waals surface area contributed by atoms with Gasteiger partial charge in [0.2, 0.25) is 0 Å². The molecule has 0 saturated carbocycles. The van der Waals surface area contributed by atoms with Gasteiger partial charge in [-0.25, -0.2) is 4.79 Å². The Kier molecular flexibility index (Phi) is 4.87. The molecule has 4 nitrogen and oxygen atoms in total. The molecule has 1 unspecified atom stereocenters. The molecule has 122 valence electrons. The van der Waals surface area contributed by atoms with Crippen molar-refractivity contribution >= 4 is 48.7 Å². The maximum Gasteiger partial charge on any atom is 0.349 e. The summed E-state index contributed by atoms with van der Waals surface area (Å²) in [6.07, 6.45) is 0. The molecule has 0 bridgehead atoms. The quantitative estimate of drug-likeness (QED) is 0.582. The summed E-state index contributed by atoms with van der Waals surface area (Å²) in [5, 5.41) is 3.49. The highest BCUT2D eigenvalue weighted by Crippen LogP contribution is 2.28. The number of amides is 1. The number of benzene rings is 2. The fourth-order valence-electron chi connectivity index (χ4n) is 2.41. The molecule has 1 N–H and O–H groups in total. The predicted octanol–water partition coefficient (Wildman–Crippen LogP) is 4.81. The molecular weight excluding hydrogens is 438 g/mol. The second-order valence-electron chi connectivity index (χ2n) is 5.36. The summed E-state index contributed by atoms with van der Waals surface area (Å²) in [5.41, 5.74) is 0.691. The van der Waals surface area contributed by atoms with Crippen molar-refractivity contribution in [1.29, 1.82) is 0 Å².